The van der Waals surface area contributed by atoms with E-state index < -0.39 is 10.8 Å². The van der Waals surface area contributed by atoms with E-state index in [9.17, 15) is 9.47 Å². The summed E-state index contributed by atoms with van der Waals surface area (Å²) in [6.45, 7) is 1.92. The van der Waals surface area contributed by atoms with E-state index in [0.717, 1.165) is 53.4 Å². The molecule has 2 unspecified atom stereocenters. The van der Waals surface area contributed by atoms with Crippen LogP contribution in [0, 0.1) is 18.3 Å². The van der Waals surface area contributed by atoms with Crippen molar-refractivity contribution in [2.75, 3.05) is 26.5 Å². The summed E-state index contributed by atoms with van der Waals surface area (Å²) < 4.78 is 15.1. The molecule has 3 aliphatic rings. The van der Waals surface area contributed by atoms with E-state index in [1.165, 1.54) is 0 Å². The molecular weight excluding hydrogens is 422 g/mol. The number of likely N-dealkylation sites (N-methyl/N-ethyl adjacent to an activating group) is 2. The molecule has 1 aliphatic carbocycles. The second-order valence-corrected chi connectivity index (χ2v) is 10.9. The highest BCUT2D eigenvalue weighted by Crippen LogP contribution is 2.52. The third-order valence-electron chi connectivity index (χ3n) is 6.66. The highest BCUT2D eigenvalue weighted by Gasteiger charge is 2.54. The number of aryl methyl sites for hydroxylation is 1. The molecule has 1 aromatic heterocycles. The number of aliphatic imine (C=N–C) groups is 1. The normalized spacial score (nSPS) is 23.8. The molecule has 2 aliphatic heterocycles. The van der Waals surface area contributed by atoms with Crippen molar-refractivity contribution >= 4 is 22.4 Å². The predicted octanol–water partition coefficient (Wildman–Crippen LogP) is 2.94. The number of aromatic nitrogens is 2. The Hall–Kier alpha value is -2.96. The molecule has 1 spiro atoms. The van der Waals surface area contributed by atoms with Crippen molar-refractivity contribution in [3.05, 3.63) is 52.6 Å². The van der Waals surface area contributed by atoms with Gasteiger partial charge in [0.15, 0.2) is 0 Å². The van der Waals surface area contributed by atoms with Crippen molar-refractivity contribution in [1.82, 2.24) is 19.4 Å². The summed E-state index contributed by atoms with van der Waals surface area (Å²) in [6, 6.07) is 7.97. The van der Waals surface area contributed by atoms with Crippen LogP contribution in [0.15, 0.2) is 46.3 Å². The van der Waals surface area contributed by atoms with Crippen molar-refractivity contribution in [1.29, 1.82) is 5.26 Å². The number of anilines is 1. The van der Waals surface area contributed by atoms with E-state index in [1.807, 2.05) is 61.9 Å². The fourth-order valence-electron chi connectivity index (χ4n) is 4.88. The Morgan fingerprint density at radius 1 is 1.34 bits per heavy atom. The Labute approximate surface area is 190 Å². The number of hydrogen-bond acceptors (Lipinski definition) is 7. The van der Waals surface area contributed by atoms with Gasteiger partial charge in [-0.25, -0.2) is 9.98 Å². The monoisotopic (exact) mass is 449 g/mol. The molecule has 166 valence electrons. The number of allylic oxidation sites excluding steroid dienone is 1. The van der Waals surface area contributed by atoms with Crippen molar-refractivity contribution < 1.29 is 4.21 Å². The summed E-state index contributed by atoms with van der Waals surface area (Å²) in [6.07, 6.45) is 7.43. The molecule has 1 N–H and O–H groups in total. The van der Waals surface area contributed by atoms with Crippen LogP contribution < -0.4 is 5.32 Å². The molecule has 1 saturated carbocycles. The molecule has 5 rings (SSSR count). The van der Waals surface area contributed by atoms with Crippen LogP contribution in [0.4, 0.5) is 5.69 Å². The molecule has 0 saturated heterocycles. The lowest BCUT2D eigenvalue weighted by Gasteiger charge is -2.40. The second-order valence-electron chi connectivity index (χ2n) is 9.07. The van der Waals surface area contributed by atoms with E-state index in [0.29, 0.717) is 11.5 Å². The maximum Gasteiger partial charge on any atom is 0.204 e. The Morgan fingerprint density at radius 3 is 2.72 bits per heavy atom. The van der Waals surface area contributed by atoms with E-state index >= 15 is 0 Å². The Balaban J connectivity index is 1.48. The number of nitriles is 1. The second kappa shape index (κ2) is 7.57. The van der Waals surface area contributed by atoms with Gasteiger partial charge in [0.2, 0.25) is 5.96 Å². The molecule has 2 aromatic rings. The minimum Gasteiger partial charge on any atom is -0.326 e. The third kappa shape index (κ3) is 3.17. The number of imidazole rings is 1. The minimum atomic E-state index is -1.01. The first-order valence-electron chi connectivity index (χ1n) is 10.8. The first-order valence-corrected chi connectivity index (χ1v) is 11.9. The van der Waals surface area contributed by atoms with Crippen LogP contribution in [0.3, 0.4) is 0 Å². The van der Waals surface area contributed by atoms with Gasteiger partial charge in [0.1, 0.15) is 12.2 Å². The lowest BCUT2D eigenvalue weighted by molar-refractivity contribution is 0.204. The van der Waals surface area contributed by atoms with E-state index in [4.69, 9.17) is 4.99 Å². The average molecular weight is 450 g/mol. The van der Waals surface area contributed by atoms with Crippen LogP contribution in [0.1, 0.15) is 36.9 Å². The van der Waals surface area contributed by atoms with Crippen LogP contribution in [-0.4, -0.2) is 61.6 Å². The van der Waals surface area contributed by atoms with Gasteiger partial charge in [-0.05, 0) is 52.1 Å². The first-order chi connectivity index (χ1) is 15.3. The quantitative estimate of drug-likeness (QED) is 0.775. The first kappa shape index (κ1) is 20.9. The number of hydrogen-bond donors (Lipinski definition) is 1. The van der Waals surface area contributed by atoms with Crippen LogP contribution >= 0.6 is 0 Å². The van der Waals surface area contributed by atoms with Gasteiger partial charge in [0.05, 0.1) is 49.4 Å². The fourth-order valence-corrected chi connectivity index (χ4v) is 7.16. The SMILES string of the molecule is Cc1cn(-c2ccc(NC3=NC4=C(C(N(C)C)N3C)S(=O)C3(CCC3)C4)cc2C#N)cn1. The smallest absolute Gasteiger partial charge is 0.204 e. The van der Waals surface area contributed by atoms with Crippen LogP contribution in [0.2, 0.25) is 0 Å². The van der Waals surface area contributed by atoms with Crippen LogP contribution in [0.25, 0.3) is 5.69 Å². The molecule has 9 heteroatoms. The fraction of sp³-hybridized carbons (Fsp3) is 0.435. The highest BCUT2D eigenvalue weighted by atomic mass is 32.2. The van der Waals surface area contributed by atoms with E-state index in [1.54, 1.807) is 6.33 Å². The van der Waals surface area contributed by atoms with Gasteiger partial charge in [-0.3, -0.25) is 9.11 Å². The van der Waals surface area contributed by atoms with Crippen molar-refractivity contribution in [3.63, 3.8) is 0 Å². The van der Waals surface area contributed by atoms with Crippen molar-refractivity contribution in [3.8, 4) is 11.8 Å². The zero-order chi connectivity index (χ0) is 22.6. The van der Waals surface area contributed by atoms with Crippen LogP contribution in [0.5, 0.6) is 0 Å². The molecule has 32 heavy (non-hydrogen) atoms. The number of guanidine groups is 1. The van der Waals surface area contributed by atoms with Gasteiger partial charge in [0.25, 0.3) is 0 Å². The molecular formula is C23H27N7OS. The van der Waals surface area contributed by atoms with Gasteiger partial charge in [-0.1, -0.05) is 6.42 Å². The highest BCUT2D eigenvalue weighted by molar-refractivity contribution is 7.90. The van der Waals surface area contributed by atoms with Gasteiger partial charge in [-0.2, -0.15) is 5.26 Å². The third-order valence-corrected chi connectivity index (χ3v) is 8.85. The van der Waals surface area contributed by atoms with E-state index in [-0.39, 0.29) is 10.9 Å². The standard InChI is InChI=1S/C23H27N7OS/c1-15-13-30(14-25-15)19-7-6-17(10-16(19)12-24)26-22-27-18-11-23(8-5-9-23)32(31)20(18)21(28(2)3)29(22)4/h6-7,10,13-14,21H,5,8-9,11H2,1-4H3,(H,26,27). The summed E-state index contributed by atoms with van der Waals surface area (Å²) in [5.41, 5.74) is 3.96. The van der Waals surface area contributed by atoms with Gasteiger partial charge in [0, 0.05) is 25.4 Å². The minimum absolute atomic E-state index is 0.114. The van der Waals surface area contributed by atoms with Crippen molar-refractivity contribution in [2.45, 2.75) is 43.5 Å². The lowest BCUT2D eigenvalue weighted by atomic mass is 9.81. The van der Waals surface area contributed by atoms with Gasteiger partial charge >= 0.3 is 0 Å². The molecule has 2 atom stereocenters. The summed E-state index contributed by atoms with van der Waals surface area (Å²) in [5, 5.41) is 13.1. The molecule has 0 amide bonds. The molecule has 1 fully saturated rings. The Morgan fingerprint density at radius 2 is 2.12 bits per heavy atom. The number of nitrogens with zero attached hydrogens (tertiary/aromatic N) is 6. The molecule has 8 nitrogen and oxygen atoms in total. The zero-order valence-corrected chi connectivity index (χ0v) is 19.6. The number of benzene rings is 1. The summed E-state index contributed by atoms with van der Waals surface area (Å²) in [4.78, 5) is 14.2. The van der Waals surface area contributed by atoms with Crippen LogP contribution in [-0.2, 0) is 10.8 Å². The molecule has 1 aromatic carbocycles. The number of nitrogens with one attached hydrogen (secondary N) is 1. The average Bonchev–Trinajstić information content (AvgIpc) is 3.29. The predicted molar refractivity (Wildman–Crippen MR) is 126 cm³/mol. The lowest BCUT2D eigenvalue weighted by Crippen LogP contribution is -2.52. The Bertz CT molecular complexity index is 1220. The molecule has 0 bridgehead atoms. The van der Waals surface area contributed by atoms with Gasteiger partial charge in [-0.15, -0.1) is 0 Å². The number of rotatable bonds is 3. The molecule has 3 heterocycles. The topological polar surface area (TPSA) is 89.5 Å². The molecule has 0 radical (unpaired) electrons. The summed E-state index contributed by atoms with van der Waals surface area (Å²) >= 11 is 0. The van der Waals surface area contributed by atoms with Gasteiger partial charge < -0.3 is 14.8 Å². The van der Waals surface area contributed by atoms with E-state index in [2.05, 4.69) is 21.3 Å². The summed E-state index contributed by atoms with van der Waals surface area (Å²) in [7, 11) is 4.98. The van der Waals surface area contributed by atoms with Crippen molar-refractivity contribution in [2.24, 2.45) is 4.99 Å². The maximum absolute atomic E-state index is 13.4. The largest absolute Gasteiger partial charge is 0.326 e. The zero-order valence-electron chi connectivity index (χ0n) is 18.8. The maximum atomic E-state index is 13.4. The summed E-state index contributed by atoms with van der Waals surface area (Å²) in [5.74, 6) is 0.700. The Kier molecular flexibility index (Phi) is 4.95.